The number of aromatic amines is 1. The van der Waals surface area contributed by atoms with Crippen LogP contribution in [0.4, 0.5) is 0 Å². The number of hydrogen-bond acceptors (Lipinski definition) is 5. The van der Waals surface area contributed by atoms with Gasteiger partial charge >= 0.3 is 0 Å². The maximum atomic E-state index is 11.2. The van der Waals surface area contributed by atoms with E-state index in [4.69, 9.17) is 5.73 Å². The third kappa shape index (κ3) is 3.21. The molecule has 1 heterocycles. The first kappa shape index (κ1) is 13.0. The third-order valence-electron chi connectivity index (χ3n) is 2.51. The Kier molecular flexibility index (Phi) is 4.31. The van der Waals surface area contributed by atoms with Gasteiger partial charge in [-0.05, 0) is 27.3 Å². The van der Waals surface area contributed by atoms with Crippen molar-refractivity contribution in [3.63, 3.8) is 0 Å². The van der Waals surface area contributed by atoms with E-state index in [1.54, 1.807) is 14.0 Å². The smallest absolute Gasteiger partial charge is 0.237 e. The van der Waals surface area contributed by atoms with Gasteiger partial charge in [0.2, 0.25) is 11.1 Å². The molecule has 0 saturated carbocycles. The van der Waals surface area contributed by atoms with Gasteiger partial charge in [0.25, 0.3) is 0 Å². The fraction of sp³-hybridized carbons (Fsp3) is 0.667. The van der Waals surface area contributed by atoms with Gasteiger partial charge in [0.15, 0.2) is 0 Å². The molecule has 1 rings (SSSR count). The molecule has 0 fully saturated rings. The van der Waals surface area contributed by atoms with Crippen LogP contribution in [0.15, 0.2) is 5.16 Å². The summed E-state index contributed by atoms with van der Waals surface area (Å²) in [6, 6.07) is 0. The van der Waals surface area contributed by atoms with Crippen molar-refractivity contribution < 1.29 is 4.79 Å². The molecule has 6 nitrogen and oxygen atoms in total. The zero-order valence-electron chi connectivity index (χ0n) is 9.70. The summed E-state index contributed by atoms with van der Waals surface area (Å²) in [5.74, 6) is 1.17. The van der Waals surface area contributed by atoms with Gasteiger partial charge in [0.05, 0.1) is 5.54 Å². The molecule has 0 aliphatic heterocycles. The number of thioether (sulfide) groups is 1. The van der Waals surface area contributed by atoms with Crippen LogP contribution in [0.3, 0.4) is 0 Å². The van der Waals surface area contributed by atoms with Gasteiger partial charge in [-0.3, -0.25) is 9.89 Å². The Morgan fingerprint density at radius 2 is 2.38 bits per heavy atom. The minimum atomic E-state index is -0.668. The normalized spacial score (nSPS) is 14.7. The highest BCUT2D eigenvalue weighted by atomic mass is 32.2. The van der Waals surface area contributed by atoms with E-state index >= 15 is 0 Å². The maximum Gasteiger partial charge on any atom is 0.237 e. The number of aryl methyl sites for hydroxylation is 1. The molecular formula is C9H17N5OS. The highest BCUT2D eigenvalue weighted by Gasteiger charge is 2.28. The first-order chi connectivity index (χ1) is 7.48. The number of H-pyrrole nitrogens is 1. The number of nitrogens with two attached hydrogens (primary N) is 1. The number of nitrogens with zero attached hydrogens (tertiary/aromatic N) is 2. The second-order valence-electron chi connectivity index (χ2n) is 3.75. The third-order valence-corrected chi connectivity index (χ3v) is 3.35. The second-order valence-corrected chi connectivity index (χ2v) is 4.81. The van der Waals surface area contributed by atoms with Crippen molar-refractivity contribution in [3.8, 4) is 0 Å². The Morgan fingerprint density at radius 1 is 1.69 bits per heavy atom. The van der Waals surface area contributed by atoms with Crippen LogP contribution in [0.25, 0.3) is 0 Å². The summed E-state index contributed by atoms with van der Waals surface area (Å²) in [6.07, 6.45) is 0.636. The molecule has 1 unspecified atom stereocenters. The van der Waals surface area contributed by atoms with Gasteiger partial charge in [0.1, 0.15) is 5.82 Å². The second kappa shape index (κ2) is 5.31. The van der Waals surface area contributed by atoms with E-state index in [0.717, 1.165) is 11.6 Å². The molecule has 7 heteroatoms. The molecule has 1 aromatic heterocycles. The average molecular weight is 243 g/mol. The Balaban J connectivity index is 2.43. The lowest BCUT2D eigenvalue weighted by atomic mass is 9.99. The van der Waals surface area contributed by atoms with Crippen LogP contribution in [0.1, 0.15) is 19.2 Å². The molecular weight excluding hydrogens is 226 g/mol. The van der Waals surface area contributed by atoms with Gasteiger partial charge in [-0.15, -0.1) is 5.10 Å². The molecule has 16 heavy (non-hydrogen) atoms. The number of rotatable bonds is 6. The van der Waals surface area contributed by atoms with E-state index in [-0.39, 0.29) is 5.91 Å². The molecule has 0 aliphatic carbocycles. The summed E-state index contributed by atoms with van der Waals surface area (Å²) >= 11 is 1.50. The average Bonchev–Trinajstić information content (AvgIpc) is 2.63. The molecule has 0 aromatic carbocycles. The molecule has 0 radical (unpaired) electrons. The number of amides is 1. The zero-order chi connectivity index (χ0) is 12.2. The van der Waals surface area contributed by atoms with Gasteiger partial charge < -0.3 is 11.1 Å². The summed E-state index contributed by atoms with van der Waals surface area (Å²) in [5, 5.41) is 10.4. The SMILES string of the molecule is CNC(C)(CCSc1n[nH]c(C)n1)C(N)=O. The van der Waals surface area contributed by atoms with E-state index in [1.165, 1.54) is 11.8 Å². The largest absolute Gasteiger partial charge is 0.368 e. The lowest BCUT2D eigenvalue weighted by Crippen LogP contribution is -2.51. The number of aromatic nitrogens is 3. The predicted octanol–water partition coefficient (Wildman–Crippen LogP) is 0.0587. The first-order valence-electron chi connectivity index (χ1n) is 4.98. The molecule has 4 N–H and O–H groups in total. The summed E-state index contributed by atoms with van der Waals surface area (Å²) in [6.45, 7) is 3.64. The van der Waals surface area contributed by atoms with Crippen LogP contribution < -0.4 is 11.1 Å². The van der Waals surface area contributed by atoms with Crippen molar-refractivity contribution in [1.29, 1.82) is 0 Å². The maximum absolute atomic E-state index is 11.2. The molecule has 1 aromatic rings. The van der Waals surface area contributed by atoms with E-state index in [2.05, 4.69) is 20.5 Å². The van der Waals surface area contributed by atoms with Gasteiger partial charge in [-0.25, -0.2) is 4.98 Å². The Labute approximate surface area is 98.8 Å². The standard InChI is InChI=1S/C9H17N5OS/c1-6-12-8(14-13-6)16-5-4-9(2,11-3)7(10)15/h11H,4-5H2,1-3H3,(H2,10,15)(H,12,13,14). The van der Waals surface area contributed by atoms with Gasteiger partial charge in [0, 0.05) is 5.75 Å². The van der Waals surface area contributed by atoms with Crippen LogP contribution in [0.2, 0.25) is 0 Å². The van der Waals surface area contributed by atoms with Crippen LogP contribution in [-0.2, 0) is 4.79 Å². The predicted molar refractivity (Wildman–Crippen MR) is 63.1 cm³/mol. The van der Waals surface area contributed by atoms with Crippen LogP contribution >= 0.6 is 11.8 Å². The van der Waals surface area contributed by atoms with Crippen LogP contribution in [0, 0.1) is 6.92 Å². The molecule has 0 aliphatic rings. The number of primary amides is 1. The Morgan fingerprint density at radius 3 is 2.81 bits per heavy atom. The fourth-order valence-electron chi connectivity index (χ4n) is 1.10. The monoisotopic (exact) mass is 243 g/mol. The van der Waals surface area contributed by atoms with Gasteiger partial charge in [-0.2, -0.15) is 0 Å². The molecule has 90 valence electrons. The van der Waals surface area contributed by atoms with E-state index in [1.807, 2.05) is 6.92 Å². The summed E-state index contributed by atoms with van der Waals surface area (Å²) in [4.78, 5) is 15.4. The number of carbonyl (C=O) groups excluding carboxylic acids is 1. The zero-order valence-corrected chi connectivity index (χ0v) is 10.5. The number of hydrogen-bond donors (Lipinski definition) is 3. The minimum absolute atomic E-state index is 0.346. The summed E-state index contributed by atoms with van der Waals surface area (Å²) < 4.78 is 0. The Hall–Kier alpha value is -1.08. The van der Waals surface area contributed by atoms with Crippen molar-refractivity contribution in [1.82, 2.24) is 20.5 Å². The quantitative estimate of drug-likeness (QED) is 0.614. The summed E-state index contributed by atoms with van der Waals surface area (Å²) in [5.41, 5.74) is 4.65. The van der Waals surface area contributed by atoms with Crippen molar-refractivity contribution in [2.45, 2.75) is 31.0 Å². The lowest BCUT2D eigenvalue weighted by molar-refractivity contribution is -0.123. The molecule has 0 spiro atoms. The number of carbonyl (C=O) groups is 1. The first-order valence-corrected chi connectivity index (χ1v) is 5.97. The highest BCUT2D eigenvalue weighted by molar-refractivity contribution is 7.99. The van der Waals surface area contributed by atoms with E-state index in [0.29, 0.717) is 11.6 Å². The summed E-state index contributed by atoms with van der Waals surface area (Å²) in [7, 11) is 1.73. The van der Waals surface area contributed by atoms with Crippen LogP contribution in [0.5, 0.6) is 0 Å². The highest BCUT2D eigenvalue weighted by Crippen LogP contribution is 2.18. The van der Waals surface area contributed by atoms with E-state index < -0.39 is 5.54 Å². The van der Waals surface area contributed by atoms with Crippen molar-refractivity contribution in [2.24, 2.45) is 5.73 Å². The Bertz CT molecular complexity index is 367. The minimum Gasteiger partial charge on any atom is -0.368 e. The molecule has 0 bridgehead atoms. The number of nitrogens with one attached hydrogen (secondary N) is 2. The topological polar surface area (TPSA) is 96.7 Å². The number of likely N-dealkylation sites (N-methyl/N-ethyl adjacent to an activating group) is 1. The van der Waals surface area contributed by atoms with Crippen molar-refractivity contribution in [2.75, 3.05) is 12.8 Å². The lowest BCUT2D eigenvalue weighted by Gasteiger charge is -2.24. The van der Waals surface area contributed by atoms with Crippen molar-refractivity contribution in [3.05, 3.63) is 5.82 Å². The molecule has 1 atom stereocenters. The van der Waals surface area contributed by atoms with Crippen molar-refractivity contribution >= 4 is 17.7 Å². The van der Waals surface area contributed by atoms with E-state index in [9.17, 15) is 4.79 Å². The molecule has 0 saturated heterocycles. The van der Waals surface area contributed by atoms with Crippen LogP contribution in [-0.4, -0.2) is 39.4 Å². The molecule has 1 amide bonds. The van der Waals surface area contributed by atoms with Gasteiger partial charge in [-0.1, -0.05) is 11.8 Å². The fourth-order valence-corrected chi connectivity index (χ4v) is 2.11.